The molecule has 2 N–H and O–H groups in total. The SMILES string of the molecule is CCCNC(=O)CCNCc1cc([N+](=O)[O-])ccc1OC. The number of methoxy groups -OCH3 is 1. The standard InChI is InChI=1S/C14H21N3O4/c1-3-7-16-14(18)6-8-15-10-11-9-12(17(19)20)4-5-13(11)21-2/h4-5,9,15H,3,6-8,10H2,1-2H3,(H,16,18). The van der Waals surface area contributed by atoms with Crippen molar-refractivity contribution in [1.82, 2.24) is 10.6 Å². The molecule has 1 amide bonds. The second-order valence-electron chi connectivity index (χ2n) is 4.53. The molecule has 0 aliphatic heterocycles. The van der Waals surface area contributed by atoms with Crippen LogP contribution in [-0.2, 0) is 11.3 Å². The second-order valence-corrected chi connectivity index (χ2v) is 4.53. The summed E-state index contributed by atoms with van der Waals surface area (Å²) >= 11 is 0. The predicted molar refractivity (Wildman–Crippen MR) is 79.3 cm³/mol. The van der Waals surface area contributed by atoms with Crippen LogP contribution in [-0.4, -0.2) is 31.0 Å². The molecule has 0 saturated carbocycles. The zero-order chi connectivity index (χ0) is 15.7. The van der Waals surface area contributed by atoms with Gasteiger partial charge in [-0.15, -0.1) is 0 Å². The van der Waals surface area contributed by atoms with Gasteiger partial charge in [0.25, 0.3) is 5.69 Å². The van der Waals surface area contributed by atoms with Crippen LogP contribution < -0.4 is 15.4 Å². The van der Waals surface area contributed by atoms with E-state index in [-0.39, 0.29) is 11.6 Å². The molecular formula is C14H21N3O4. The first kappa shape index (κ1) is 16.9. The van der Waals surface area contributed by atoms with Crippen LogP contribution >= 0.6 is 0 Å². The van der Waals surface area contributed by atoms with Gasteiger partial charge < -0.3 is 15.4 Å². The number of carbonyl (C=O) groups is 1. The summed E-state index contributed by atoms with van der Waals surface area (Å²) in [5.41, 5.74) is 0.717. The Morgan fingerprint density at radius 2 is 2.14 bits per heavy atom. The fourth-order valence-electron chi connectivity index (χ4n) is 1.79. The number of nitro groups is 1. The summed E-state index contributed by atoms with van der Waals surface area (Å²) in [5.74, 6) is 0.582. The van der Waals surface area contributed by atoms with Crippen molar-refractivity contribution < 1.29 is 14.5 Å². The lowest BCUT2D eigenvalue weighted by Gasteiger charge is -2.09. The number of carbonyl (C=O) groups excluding carboxylic acids is 1. The molecular weight excluding hydrogens is 274 g/mol. The molecule has 0 spiro atoms. The minimum atomic E-state index is -0.443. The predicted octanol–water partition coefficient (Wildman–Crippen LogP) is 1.61. The van der Waals surface area contributed by atoms with Crippen molar-refractivity contribution >= 4 is 11.6 Å². The Kier molecular flexibility index (Phi) is 7.17. The van der Waals surface area contributed by atoms with E-state index in [2.05, 4.69) is 10.6 Å². The molecule has 0 saturated heterocycles. The van der Waals surface area contributed by atoms with Gasteiger partial charge in [-0.25, -0.2) is 0 Å². The van der Waals surface area contributed by atoms with Crippen molar-refractivity contribution in [2.75, 3.05) is 20.2 Å². The number of hydrogen-bond donors (Lipinski definition) is 2. The van der Waals surface area contributed by atoms with Crippen LogP contribution in [0.2, 0.25) is 0 Å². The van der Waals surface area contributed by atoms with Crippen molar-refractivity contribution in [3.63, 3.8) is 0 Å². The van der Waals surface area contributed by atoms with Gasteiger partial charge in [0.15, 0.2) is 0 Å². The Hall–Kier alpha value is -2.15. The van der Waals surface area contributed by atoms with Crippen molar-refractivity contribution in [2.24, 2.45) is 0 Å². The maximum absolute atomic E-state index is 11.4. The molecule has 0 aromatic heterocycles. The lowest BCUT2D eigenvalue weighted by Crippen LogP contribution is -2.28. The number of nitrogens with zero attached hydrogens (tertiary/aromatic N) is 1. The van der Waals surface area contributed by atoms with Gasteiger partial charge in [-0.3, -0.25) is 14.9 Å². The van der Waals surface area contributed by atoms with Crippen molar-refractivity contribution in [1.29, 1.82) is 0 Å². The van der Waals surface area contributed by atoms with E-state index in [1.165, 1.54) is 19.2 Å². The first-order valence-electron chi connectivity index (χ1n) is 6.87. The zero-order valence-corrected chi connectivity index (χ0v) is 12.3. The summed E-state index contributed by atoms with van der Waals surface area (Å²) < 4.78 is 5.17. The molecule has 0 fully saturated rings. The third kappa shape index (κ3) is 5.78. The first-order valence-corrected chi connectivity index (χ1v) is 6.87. The van der Waals surface area contributed by atoms with E-state index in [1.54, 1.807) is 6.07 Å². The monoisotopic (exact) mass is 295 g/mol. The topological polar surface area (TPSA) is 93.5 Å². The molecule has 0 aliphatic carbocycles. The Labute approximate surface area is 123 Å². The van der Waals surface area contributed by atoms with Gasteiger partial charge in [0.2, 0.25) is 5.91 Å². The lowest BCUT2D eigenvalue weighted by atomic mass is 10.1. The molecule has 21 heavy (non-hydrogen) atoms. The molecule has 0 heterocycles. The van der Waals surface area contributed by atoms with Crippen molar-refractivity contribution in [3.8, 4) is 5.75 Å². The van der Waals surface area contributed by atoms with Crippen molar-refractivity contribution in [2.45, 2.75) is 26.3 Å². The first-order chi connectivity index (χ1) is 10.1. The largest absolute Gasteiger partial charge is 0.496 e. The smallest absolute Gasteiger partial charge is 0.270 e. The number of amides is 1. The highest BCUT2D eigenvalue weighted by atomic mass is 16.6. The number of non-ortho nitro benzene ring substituents is 1. The van der Waals surface area contributed by atoms with Gasteiger partial charge in [-0.05, 0) is 12.5 Å². The third-order valence-electron chi connectivity index (χ3n) is 2.89. The van der Waals surface area contributed by atoms with E-state index in [1.807, 2.05) is 6.92 Å². The van der Waals surface area contributed by atoms with Crippen LogP contribution in [0.15, 0.2) is 18.2 Å². The van der Waals surface area contributed by atoms with Crippen LogP contribution in [0.3, 0.4) is 0 Å². The third-order valence-corrected chi connectivity index (χ3v) is 2.89. The Bertz CT molecular complexity index is 491. The maximum Gasteiger partial charge on any atom is 0.270 e. The summed E-state index contributed by atoms with van der Waals surface area (Å²) in [6, 6.07) is 4.45. The van der Waals surface area contributed by atoms with Gasteiger partial charge in [0, 0.05) is 43.8 Å². The maximum atomic E-state index is 11.4. The fourth-order valence-corrected chi connectivity index (χ4v) is 1.79. The number of benzene rings is 1. The van der Waals surface area contributed by atoms with Crippen LogP contribution in [0.5, 0.6) is 5.75 Å². The summed E-state index contributed by atoms with van der Waals surface area (Å²) in [6.07, 6.45) is 1.28. The minimum absolute atomic E-state index is 0.00430. The Morgan fingerprint density at radius 1 is 1.38 bits per heavy atom. The summed E-state index contributed by atoms with van der Waals surface area (Å²) in [5, 5.41) is 16.6. The highest BCUT2D eigenvalue weighted by molar-refractivity contribution is 5.75. The van der Waals surface area contributed by atoms with Gasteiger partial charge >= 0.3 is 0 Å². The molecule has 0 atom stereocenters. The van der Waals surface area contributed by atoms with E-state index in [4.69, 9.17) is 4.74 Å². The number of ether oxygens (including phenoxy) is 1. The van der Waals surface area contributed by atoms with E-state index in [0.29, 0.717) is 37.4 Å². The number of nitro benzene ring substituents is 1. The van der Waals surface area contributed by atoms with Crippen LogP contribution in [0.1, 0.15) is 25.3 Å². The number of rotatable bonds is 9. The van der Waals surface area contributed by atoms with E-state index < -0.39 is 4.92 Å². The second kappa shape index (κ2) is 8.91. The number of nitrogens with one attached hydrogen (secondary N) is 2. The molecule has 0 radical (unpaired) electrons. The van der Waals surface area contributed by atoms with Gasteiger partial charge in [0.1, 0.15) is 5.75 Å². The normalized spacial score (nSPS) is 10.2. The molecule has 1 aromatic rings. The molecule has 0 aliphatic rings. The van der Waals surface area contributed by atoms with E-state index >= 15 is 0 Å². The van der Waals surface area contributed by atoms with Crippen molar-refractivity contribution in [3.05, 3.63) is 33.9 Å². The van der Waals surface area contributed by atoms with Crippen LogP contribution in [0.25, 0.3) is 0 Å². The lowest BCUT2D eigenvalue weighted by molar-refractivity contribution is -0.384. The highest BCUT2D eigenvalue weighted by Crippen LogP contribution is 2.23. The Morgan fingerprint density at radius 3 is 2.76 bits per heavy atom. The van der Waals surface area contributed by atoms with E-state index in [9.17, 15) is 14.9 Å². The fraction of sp³-hybridized carbons (Fsp3) is 0.500. The molecule has 1 aromatic carbocycles. The quantitative estimate of drug-likeness (QED) is 0.410. The summed E-state index contributed by atoms with van der Waals surface area (Å²) in [4.78, 5) is 21.7. The summed E-state index contributed by atoms with van der Waals surface area (Å²) in [7, 11) is 1.52. The molecule has 7 nitrogen and oxygen atoms in total. The van der Waals surface area contributed by atoms with Gasteiger partial charge in [0.05, 0.1) is 12.0 Å². The molecule has 116 valence electrons. The van der Waals surface area contributed by atoms with Gasteiger partial charge in [-0.2, -0.15) is 0 Å². The highest BCUT2D eigenvalue weighted by Gasteiger charge is 2.11. The molecule has 1 rings (SSSR count). The average molecular weight is 295 g/mol. The molecule has 0 unspecified atom stereocenters. The van der Waals surface area contributed by atoms with Crippen LogP contribution in [0, 0.1) is 10.1 Å². The van der Waals surface area contributed by atoms with Crippen LogP contribution in [0.4, 0.5) is 5.69 Å². The summed E-state index contributed by atoms with van der Waals surface area (Å²) in [6.45, 7) is 3.58. The van der Waals surface area contributed by atoms with Gasteiger partial charge in [-0.1, -0.05) is 6.92 Å². The minimum Gasteiger partial charge on any atom is -0.496 e. The average Bonchev–Trinajstić information content (AvgIpc) is 2.49. The van der Waals surface area contributed by atoms with E-state index in [0.717, 1.165) is 6.42 Å². The number of hydrogen-bond acceptors (Lipinski definition) is 5. The zero-order valence-electron chi connectivity index (χ0n) is 12.3. The molecule has 0 bridgehead atoms. The Balaban J connectivity index is 2.48. The molecule has 7 heteroatoms.